The molecule has 3 aromatic carbocycles. The van der Waals surface area contributed by atoms with Crippen LogP contribution >= 0.6 is 0 Å². The maximum Gasteiger partial charge on any atom is 0.208 e. The van der Waals surface area contributed by atoms with Crippen LogP contribution in [0.15, 0.2) is 54.6 Å². The highest BCUT2D eigenvalue weighted by Gasteiger charge is 2.20. The lowest BCUT2D eigenvalue weighted by Crippen LogP contribution is -2.05. The van der Waals surface area contributed by atoms with E-state index in [-0.39, 0.29) is 5.92 Å². The number of para-hydroxylation sites is 1. The third kappa shape index (κ3) is 3.91. The molecule has 4 rings (SSSR count). The number of rotatable bonds is 7. The Morgan fingerprint density at radius 2 is 1.75 bits per heavy atom. The third-order valence-electron chi connectivity index (χ3n) is 6.13. The number of hydrogen-bond donors (Lipinski definition) is 1. The normalized spacial score (nSPS) is 12.1. The Morgan fingerprint density at radius 1 is 1.00 bits per heavy atom. The highest BCUT2D eigenvalue weighted by molar-refractivity contribution is 5.84. The van der Waals surface area contributed by atoms with Crippen LogP contribution in [-0.2, 0) is 7.05 Å². The van der Waals surface area contributed by atoms with E-state index in [4.69, 9.17) is 14.5 Å². The minimum Gasteiger partial charge on any atom is -0.497 e. The number of aromatic nitrogens is 2. The predicted molar refractivity (Wildman–Crippen MR) is 132 cm³/mol. The summed E-state index contributed by atoms with van der Waals surface area (Å²) in [6.07, 6.45) is 0.990. The van der Waals surface area contributed by atoms with Crippen molar-refractivity contribution in [2.45, 2.75) is 33.1 Å². The van der Waals surface area contributed by atoms with E-state index in [1.165, 1.54) is 16.7 Å². The molecule has 5 heteroatoms. The minimum atomic E-state index is 0.267. The first-order chi connectivity index (χ1) is 15.5. The van der Waals surface area contributed by atoms with Gasteiger partial charge >= 0.3 is 0 Å². The maximum absolute atomic E-state index is 5.64. The lowest BCUT2D eigenvalue weighted by molar-refractivity contribution is 0.414. The van der Waals surface area contributed by atoms with Crippen LogP contribution in [0.4, 0.5) is 11.6 Å². The van der Waals surface area contributed by atoms with Gasteiger partial charge in [0.15, 0.2) is 0 Å². The summed E-state index contributed by atoms with van der Waals surface area (Å²) in [5.41, 5.74) is 7.89. The van der Waals surface area contributed by atoms with E-state index in [0.717, 1.165) is 46.2 Å². The Morgan fingerprint density at radius 3 is 2.41 bits per heavy atom. The van der Waals surface area contributed by atoms with Crippen LogP contribution in [0.1, 0.15) is 41.5 Å². The summed E-state index contributed by atoms with van der Waals surface area (Å²) < 4.78 is 13.1. The van der Waals surface area contributed by atoms with Crippen molar-refractivity contribution >= 4 is 22.7 Å². The fourth-order valence-electron chi connectivity index (χ4n) is 4.53. The third-order valence-corrected chi connectivity index (χ3v) is 6.13. The summed E-state index contributed by atoms with van der Waals surface area (Å²) in [4.78, 5) is 4.92. The largest absolute Gasteiger partial charge is 0.497 e. The van der Waals surface area contributed by atoms with Crippen molar-refractivity contribution in [3.63, 3.8) is 0 Å². The van der Waals surface area contributed by atoms with E-state index in [9.17, 15) is 0 Å². The van der Waals surface area contributed by atoms with Crippen LogP contribution < -0.4 is 14.8 Å². The van der Waals surface area contributed by atoms with Crippen LogP contribution in [0, 0.1) is 13.8 Å². The van der Waals surface area contributed by atoms with E-state index in [0.29, 0.717) is 0 Å². The first-order valence-corrected chi connectivity index (χ1v) is 11.0. The second-order valence-corrected chi connectivity index (χ2v) is 8.23. The van der Waals surface area contributed by atoms with Crippen LogP contribution in [0.3, 0.4) is 0 Å². The number of aryl methyl sites for hydroxylation is 3. The SMILES string of the molecule is CCC(c1ccc(OC)cc1)c1cccc2nc(Nc3c(C)cc(C)cc3OC)n(C)c12. The van der Waals surface area contributed by atoms with E-state index in [1.807, 2.05) is 18.2 Å². The molecule has 1 unspecified atom stereocenters. The number of nitrogens with one attached hydrogen (secondary N) is 1. The van der Waals surface area contributed by atoms with Gasteiger partial charge in [-0.05, 0) is 66.8 Å². The zero-order chi connectivity index (χ0) is 22.8. The number of hydrogen-bond acceptors (Lipinski definition) is 4. The Hall–Kier alpha value is -3.47. The van der Waals surface area contributed by atoms with Gasteiger partial charge < -0.3 is 19.4 Å². The number of fused-ring (bicyclic) bond motifs is 1. The number of anilines is 2. The molecule has 1 N–H and O–H groups in total. The average molecular weight is 430 g/mol. The zero-order valence-corrected chi connectivity index (χ0v) is 19.7. The van der Waals surface area contributed by atoms with Crippen molar-refractivity contribution < 1.29 is 9.47 Å². The summed E-state index contributed by atoms with van der Waals surface area (Å²) >= 11 is 0. The van der Waals surface area contributed by atoms with Gasteiger partial charge in [0.05, 0.1) is 30.9 Å². The average Bonchev–Trinajstić information content (AvgIpc) is 3.12. The first-order valence-electron chi connectivity index (χ1n) is 11.0. The Labute approximate surface area is 190 Å². The molecule has 166 valence electrons. The van der Waals surface area contributed by atoms with Gasteiger partial charge in [-0.1, -0.05) is 37.3 Å². The molecule has 4 aromatic rings. The smallest absolute Gasteiger partial charge is 0.208 e. The van der Waals surface area contributed by atoms with Gasteiger partial charge in [-0.2, -0.15) is 0 Å². The molecule has 0 radical (unpaired) electrons. The molecule has 0 aliphatic carbocycles. The molecule has 0 amide bonds. The van der Waals surface area contributed by atoms with E-state index < -0.39 is 0 Å². The Balaban J connectivity index is 1.79. The Kier molecular flexibility index (Phi) is 6.08. The molecular weight excluding hydrogens is 398 g/mol. The number of nitrogens with zero attached hydrogens (tertiary/aromatic N) is 2. The highest BCUT2D eigenvalue weighted by atomic mass is 16.5. The molecule has 0 aliphatic rings. The summed E-state index contributed by atoms with van der Waals surface area (Å²) in [5.74, 6) is 2.75. The molecule has 1 aromatic heterocycles. The number of benzene rings is 3. The number of ether oxygens (including phenoxy) is 2. The predicted octanol–water partition coefficient (Wildman–Crippen LogP) is 6.49. The van der Waals surface area contributed by atoms with Crippen LogP contribution in [-0.4, -0.2) is 23.8 Å². The van der Waals surface area contributed by atoms with Crippen LogP contribution in [0.25, 0.3) is 11.0 Å². The Bertz CT molecular complexity index is 1240. The van der Waals surface area contributed by atoms with Gasteiger partial charge in [-0.15, -0.1) is 0 Å². The molecule has 0 fully saturated rings. The summed E-state index contributed by atoms with van der Waals surface area (Å²) in [7, 11) is 5.47. The minimum absolute atomic E-state index is 0.267. The van der Waals surface area contributed by atoms with E-state index in [1.54, 1.807) is 14.2 Å². The number of methoxy groups -OCH3 is 2. The molecule has 0 saturated heterocycles. The monoisotopic (exact) mass is 429 g/mol. The quantitative estimate of drug-likeness (QED) is 0.365. The molecule has 0 saturated carbocycles. The summed E-state index contributed by atoms with van der Waals surface area (Å²) in [6, 6.07) is 18.9. The van der Waals surface area contributed by atoms with Gasteiger partial charge in [-0.25, -0.2) is 4.98 Å². The van der Waals surface area contributed by atoms with Gasteiger partial charge in [0.25, 0.3) is 0 Å². The van der Waals surface area contributed by atoms with Gasteiger partial charge in [0.2, 0.25) is 5.95 Å². The van der Waals surface area contributed by atoms with Crippen molar-refractivity contribution in [3.05, 3.63) is 76.9 Å². The van der Waals surface area contributed by atoms with E-state index in [2.05, 4.69) is 74.1 Å². The maximum atomic E-state index is 5.64. The molecule has 0 aliphatic heterocycles. The lowest BCUT2D eigenvalue weighted by Gasteiger charge is -2.19. The fourth-order valence-corrected chi connectivity index (χ4v) is 4.53. The standard InChI is InChI=1S/C27H31N3O2/c1-7-21(19-11-13-20(31-5)14-12-19)22-9-8-10-23-26(22)30(4)27(28-23)29-25-18(3)15-17(2)16-24(25)32-6/h8-16,21H,7H2,1-6H3,(H,28,29). The molecule has 0 bridgehead atoms. The first kappa shape index (κ1) is 21.8. The molecular formula is C27H31N3O2. The van der Waals surface area contributed by atoms with Crippen LogP contribution in [0.2, 0.25) is 0 Å². The molecule has 5 nitrogen and oxygen atoms in total. The van der Waals surface area contributed by atoms with Crippen molar-refractivity contribution in [1.82, 2.24) is 9.55 Å². The second-order valence-electron chi connectivity index (χ2n) is 8.23. The number of imidazole rings is 1. The molecule has 1 atom stereocenters. The molecule has 0 spiro atoms. The zero-order valence-electron chi connectivity index (χ0n) is 19.7. The fraction of sp³-hybridized carbons (Fsp3) is 0.296. The van der Waals surface area contributed by atoms with Gasteiger partial charge in [0, 0.05) is 13.0 Å². The molecule has 1 heterocycles. The van der Waals surface area contributed by atoms with Crippen molar-refractivity contribution in [1.29, 1.82) is 0 Å². The second kappa shape index (κ2) is 8.95. The van der Waals surface area contributed by atoms with Crippen molar-refractivity contribution in [2.75, 3.05) is 19.5 Å². The van der Waals surface area contributed by atoms with E-state index >= 15 is 0 Å². The summed E-state index contributed by atoms with van der Waals surface area (Å²) in [5, 5.41) is 3.53. The van der Waals surface area contributed by atoms with Crippen LogP contribution in [0.5, 0.6) is 11.5 Å². The molecule has 32 heavy (non-hydrogen) atoms. The van der Waals surface area contributed by atoms with Gasteiger partial charge in [0.1, 0.15) is 11.5 Å². The highest BCUT2D eigenvalue weighted by Crippen LogP contribution is 2.37. The van der Waals surface area contributed by atoms with Crippen molar-refractivity contribution in [3.8, 4) is 11.5 Å². The topological polar surface area (TPSA) is 48.3 Å². The lowest BCUT2D eigenvalue weighted by atomic mass is 9.88. The van der Waals surface area contributed by atoms with Gasteiger partial charge in [-0.3, -0.25) is 0 Å². The van der Waals surface area contributed by atoms with Crippen molar-refractivity contribution in [2.24, 2.45) is 7.05 Å². The summed E-state index contributed by atoms with van der Waals surface area (Å²) in [6.45, 7) is 6.39.